The van der Waals surface area contributed by atoms with Gasteiger partial charge in [0.05, 0.1) is 13.0 Å². The lowest BCUT2D eigenvalue weighted by Crippen LogP contribution is -2.50. The lowest BCUT2D eigenvalue weighted by atomic mass is 10.3. The largest absolute Gasteiger partial charge is 0.381 e. The van der Waals surface area contributed by atoms with Gasteiger partial charge in [-0.1, -0.05) is 0 Å². The molecular weight excluding hydrogens is 454 g/mol. The molecule has 2 aliphatic heterocycles. The number of rotatable bonds is 11. The van der Waals surface area contributed by atoms with Crippen LogP contribution in [0, 0.1) is 0 Å². The topological polar surface area (TPSA) is 147 Å². The maximum Gasteiger partial charge on any atom is 0.332 e. The van der Waals surface area contributed by atoms with E-state index in [-0.39, 0.29) is 19.4 Å². The highest BCUT2D eigenvalue weighted by Gasteiger charge is 2.61. The predicted octanol–water partition coefficient (Wildman–Crippen LogP) is -0.0622. The second kappa shape index (κ2) is 14.5. The number of fused-ring (bicyclic) bond motifs is 1. The number of urea groups is 2. The van der Waals surface area contributed by atoms with E-state index in [0.29, 0.717) is 33.0 Å². The first kappa shape index (κ1) is 29.2. The van der Waals surface area contributed by atoms with E-state index < -0.39 is 36.2 Å². The Kier molecular flexibility index (Phi) is 12.4. The SMILES string of the molecule is CCOCCC(=O)NCOCC.COCN1C(=O)N(C(C)=O)C2C1N(COC)C(=O)N2C(C)=O. The van der Waals surface area contributed by atoms with Gasteiger partial charge in [0, 0.05) is 41.3 Å². The molecule has 1 N–H and O–H groups in total. The molecule has 34 heavy (non-hydrogen) atoms. The van der Waals surface area contributed by atoms with Crippen molar-refractivity contribution in [1.29, 1.82) is 0 Å². The van der Waals surface area contributed by atoms with E-state index in [1.54, 1.807) is 0 Å². The molecule has 0 aliphatic carbocycles. The second-order valence-electron chi connectivity index (χ2n) is 7.13. The molecule has 0 bridgehead atoms. The highest BCUT2D eigenvalue weighted by Crippen LogP contribution is 2.35. The summed E-state index contributed by atoms with van der Waals surface area (Å²) in [6.45, 7) is 7.98. The quantitative estimate of drug-likeness (QED) is 0.311. The highest BCUT2D eigenvalue weighted by atomic mass is 16.5. The minimum atomic E-state index is -1.03. The molecule has 0 saturated carbocycles. The van der Waals surface area contributed by atoms with Gasteiger partial charge >= 0.3 is 12.1 Å². The van der Waals surface area contributed by atoms with Gasteiger partial charge in [-0.25, -0.2) is 19.4 Å². The summed E-state index contributed by atoms with van der Waals surface area (Å²) in [6, 6.07) is -1.24. The Morgan fingerprint density at radius 3 is 1.68 bits per heavy atom. The van der Waals surface area contributed by atoms with E-state index in [4.69, 9.17) is 18.9 Å². The van der Waals surface area contributed by atoms with Crippen molar-refractivity contribution in [3.8, 4) is 0 Å². The number of carbonyl (C=O) groups excluding carboxylic acids is 5. The average Bonchev–Trinajstić information content (AvgIpc) is 3.20. The second-order valence-corrected chi connectivity index (χ2v) is 7.13. The van der Waals surface area contributed by atoms with Crippen molar-refractivity contribution in [2.75, 3.05) is 54.2 Å². The van der Waals surface area contributed by atoms with Crippen molar-refractivity contribution < 1.29 is 42.9 Å². The number of amides is 7. The Bertz CT molecular complexity index is 679. The van der Waals surface area contributed by atoms with Crippen LogP contribution in [0.4, 0.5) is 9.59 Å². The van der Waals surface area contributed by atoms with Crippen LogP contribution < -0.4 is 5.32 Å². The summed E-state index contributed by atoms with van der Waals surface area (Å²) in [7, 11) is 2.78. The molecule has 14 nitrogen and oxygen atoms in total. The summed E-state index contributed by atoms with van der Waals surface area (Å²) in [5, 5.41) is 2.60. The van der Waals surface area contributed by atoms with Crippen molar-refractivity contribution >= 4 is 29.8 Å². The molecule has 0 spiro atoms. The number of nitrogens with zero attached hydrogens (tertiary/aromatic N) is 4. The maximum atomic E-state index is 12.4. The molecule has 0 aromatic carbocycles. The number of nitrogens with one attached hydrogen (secondary N) is 1. The predicted molar refractivity (Wildman–Crippen MR) is 117 cm³/mol. The molecule has 0 atom stereocenters. The van der Waals surface area contributed by atoms with E-state index in [0.717, 1.165) is 9.80 Å². The van der Waals surface area contributed by atoms with E-state index >= 15 is 0 Å². The van der Waals surface area contributed by atoms with Gasteiger partial charge in [-0.15, -0.1) is 0 Å². The molecule has 2 fully saturated rings. The Morgan fingerprint density at radius 2 is 1.29 bits per heavy atom. The summed E-state index contributed by atoms with van der Waals surface area (Å²) < 4.78 is 19.9. The molecule has 194 valence electrons. The number of hydrogen-bond donors (Lipinski definition) is 1. The normalized spacial score (nSPS) is 19.2. The standard InChI is InChI=1S/C12H18N4O6.C8H17NO3/c1-7(17)15-10-9(13(5-21-3)11(15)19)14(6-22-4)12(20)16(10)8(2)18;1-3-11-6-5-8(10)9-7-12-4-2/h9-10H,5-6H2,1-4H3;3-7H2,1-2H3,(H,9,10). The smallest absolute Gasteiger partial charge is 0.332 e. The van der Waals surface area contributed by atoms with Gasteiger partial charge in [-0.3, -0.25) is 24.2 Å². The van der Waals surface area contributed by atoms with Crippen LogP contribution in [0.15, 0.2) is 0 Å². The van der Waals surface area contributed by atoms with Crippen molar-refractivity contribution in [3.63, 3.8) is 0 Å². The van der Waals surface area contributed by atoms with Crippen LogP contribution in [0.5, 0.6) is 0 Å². The molecule has 0 unspecified atom stereocenters. The zero-order chi connectivity index (χ0) is 25.8. The zero-order valence-electron chi connectivity index (χ0n) is 20.6. The highest BCUT2D eigenvalue weighted by molar-refractivity contribution is 6.02. The van der Waals surface area contributed by atoms with Gasteiger partial charge in [0.15, 0.2) is 12.3 Å². The minimum Gasteiger partial charge on any atom is -0.381 e. The summed E-state index contributed by atoms with van der Waals surface area (Å²) in [5.74, 6) is -1.15. The number of methoxy groups -OCH3 is 2. The molecule has 2 saturated heterocycles. The lowest BCUT2D eigenvalue weighted by molar-refractivity contribution is -0.134. The molecular formula is C20H35N5O9. The minimum absolute atomic E-state index is 0.0306. The maximum absolute atomic E-state index is 12.4. The van der Waals surface area contributed by atoms with Crippen LogP contribution >= 0.6 is 0 Å². The summed E-state index contributed by atoms with van der Waals surface area (Å²) in [6.07, 6.45) is -1.46. The lowest BCUT2D eigenvalue weighted by Gasteiger charge is -2.27. The third-order valence-corrected chi connectivity index (χ3v) is 4.81. The van der Waals surface area contributed by atoms with Gasteiger partial charge in [-0.05, 0) is 13.8 Å². The first-order valence-electron chi connectivity index (χ1n) is 10.8. The Balaban J connectivity index is 0.000000411. The molecule has 0 aromatic heterocycles. The van der Waals surface area contributed by atoms with Crippen LogP contribution in [-0.2, 0) is 33.3 Å². The average molecular weight is 490 g/mol. The fraction of sp³-hybridized carbons (Fsp3) is 0.750. The third-order valence-electron chi connectivity index (χ3n) is 4.81. The van der Waals surface area contributed by atoms with Gasteiger partial charge in [0.2, 0.25) is 17.7 Å². The van der Waals surface area contributed by atoms with E-state index in [9.17, 15) is 24.0 Å². The molecule has 2 rings (SSSR count). The number of ether oxygens (including phenoxy) is 4. The number of carbonyl (C=O) groups is 5. The monoisotopic (exact) mass is 489 g/mol. The molecule has 2 aliphatic rings. The molecule has 7 amide bonds. The van der Waals surface area contributed by atoms with E-state index in [1.165, 1.54) is 37.9 Å². The Labute approximate surface area is 199 Å². The fourth-order valence-corrected chi connectivity index (χ4v) is 3.42. The van der Waals surface area contributed by atoms with Gasteiger partial charge in [0.25, 0.3) is 0 Å². The Hall–Kier alpha value is -2.81. The van der Waals surface area contributed by atoms with Crippen LogP contribution in [0.25, 0.3) is 0 Å². The van der Waals surface area contributed by atoms with Gasteiger partial charge in [-0.2, -0.15) is 0 Å². The first-order chi connectivity index (χ1) is 16.2. The van der Waals surface area contributed by atoms with Crippen molar-refractivity contribution in [1.82, 2.24) is 24.9 Å². The van der Waals surface area contributed by atoms with Crippen molar-refractivity contribution in [2.24, 2.45) is 0 Å². The summed E-state index contributed by atoms with van der Waals surface area (Å²) in [4.78, 5) is 63.6. The number of hydrogen-bond acceptors (Lipinski definition) is 9. The Morgan fingerprint density at radius 1 is 0.824 bits per heavy atom. The summed E-state index contributed by atoms with van der Waals surface area (Å²) >= 11 is 0. The fourth-order valence-electron chi connectivity index (χ4n) is 3.42. The van der Waals surface area contributed by atoms with Crippen LogP contribution in [-0.4, -0.2) is 116 Å². The van der Waals surface area contributed by atoms with Gasteiger partial charge < -0.3 is 24.3 Å². The van der Waals surface area contributed by atoms with Crippen LogP contribution in [0.1, 0.15) is 34.1 Å². The number of imide groups is 2. The molecule has 14 heteroatoms. The molecule has 0 aromatic rings. The third kappa shape index (κ3) is 7.09. The summed E-state index contributed by atoms with van der Waals surface area (Å²) in [5.41, 5.74) is 0. The van der Waals surface area contributed by atoms with E-state index in [2.05, 4.69) is 5.32 Å². The van der Waals surface area contributed by atoms with Crippen molar-refractivity contribution in [2.45, 2.75) is 46.4 Å². The molecule has 2 heterocycles. The molecule has 0 radical (unpaired) electrons. The van der Waals surface area contributed by atoms with Crippen molar-refractivity contribution in [3.05, 3.63) is 0 Å². The first-order valence-corrected chi connectivity index (χ1v) is 10.8. The van der Waals surface area contributed by atoms with Crippen LogP contribution in [0.3, 0.4) is 0 Å². The van der Waals surface area contributed by atoms with Gasteiger partial charge in [0.1, 0.15) is 20.2 Å². The van der Waals surface area contributed by atoms with Crippen LogP contribution in [0.2, 0.25) is 0 Å². The van der Waals surface area contributed by atoms with E-state index in [1.807, 2.05) is 13.8 Å². The zero-order valence-corrected chi connectivity index (χ0v) is 20.6.